The minimum Gasteiger partial charge on any atom is -0.481 e. The zero-order chi connectivity index (χ0) is 7.28. The van der Waals surface area contributed by atoms with Gasteiger partial charge in [-0.2, -0.15) is 0 Å². The van der Waals surface area contributed by atoms with Crippen LogP contribution in [-0.2, 0) is 9.59 Å². The molecule has 0 unspecified atom stereocenters. The van der Waals surface area contributed by atoms with Gasteiger partial charge in [0, 0.05) is 12.8 Å². The first kappa shape index (κ1) is 7.94. The van der Waals surface area contributed by atoms with Crippen LogP contribution in [0.5, 0.6) is 0 Å². The van der Waals surface area contributed by atoms with E-state index in [0.29, 0.717) is 0 Å². The van der Waals surface area contributed by atoms with Crippen LogP contribution in [0.15, 0.2) is 0 Å². The lowest BCUT2D eigenvalue weighted by Gasteiger charge is -1.89. The number of hydrogen-bond donors (Lipinski definition) is 1. The van der Waals surface area contributed by atoms with Crippen molar-refractivity contribution < 1.29 is 14.7 Å². The maximum atomic E-state index is 9.90. The highest BCUT2D eigenvalue weighted by atomic mass is 16.4. The largest absolute Gasteiger partial charge is 0.481 e. The van der Waals surface area contributed by atoms with Gasteiger partial charge in [-0.05, 0) is 6.42 Å². The molecule has 2 N–H and O–H groups in total. The van der Waals surface area contributed by atoms with Gasteiger partial charge >= 0.3 is 5.97 Å². The fraction of sp³-hybridized carbons (Fsp3) is 0.600. The number of carbonyl (C=O) groups is 2. The lowest BCUT2D eigenvalue weighted by Crippen LogP contribution is -2.00. The van der Waals surface area contributed by atoms with Crippen LogP contribution in [0, 0.1) is 0 Å². The smallest absolute Gasteiger partial charge is 0.303 e. The van der Waals surface area contributed by atoms with Gasteiger partial charge in [0.15, 0.2) is 0 Å². The second-order valence-electron chi connectivity index (χ2n) is 1.67. The molecule has 0 aromatic rings. The molecule has 1 radical (unpaired) electrons. The second kappa shape index (κ2) is 3.88. The predicted octanol–water partition coefficient (Wildman–Crippen LogP) is 0.0508. The SMILES string of the molecule is [NH]C(=O)CCCC(=O)O. The van der Waals surface area contributed by atoms with Crippen molar-refractivity contribution >= 4 is 11.9 Å². The van der Waals surface area contributed by atoms with E-state index < -0.39 is 11.9 Å². The average molecular weight is 130 g/mol. The number of amides is 1. The van der Waals surface area contributed by atoms with Crippen LogP contribution in [0.1, 0.15) is 19.3 Å². The van der Waals surface area contributed by atoms with Crippen LogP contribution >= 0.6 is 0 Å². The Hall–Kier alpha value is -1.06. The van der Waals surface area contributed by atoms with E-state index in [1.807, 2.05) is 0 Å². The average Bonchev–Trinajstić information content (AvgIpc) is 1.63. The lowest BCUT2D eigenvalue weighted by molar-refractivity contribution is -0.137. The van der Waals surface area contributed by atoms with E-state index in [2.05, 4.69) is 0 Å². The Morgan fingerprint density at radius 1 is 1.33 bits per heavy atom. The van der Waals surface area contributed by atoms with Crippen molar-refractivity contribution in [2.45, 2.75) is 19.3 Å². The zero-order valence-corrected chi connectivity index (χ0v) is 4.89. The van der Waals surface area contributed by atoms with Crippen molar-refractivity contribution in [3.05, 3.63) is 0 Å². The molecule has 0 spiro atoms. The Morgan fingerprint density at radius 3 is 2.22 bits per heavy atom. The van der Waals surface area contributed by atoms with Gasteiger partial charge in [-0.1, -0.05) is 0 Å². The number of carbonyl (C=O) groups excluding carboxylic acids is 1. The quantitative estimate of drug-likeness (QED) is 0.584. The highest BCUT2D eigenvalue weighted by Crippen LogP contribution is 1.93. The molecule has 0 rings (SSSR count). The van der Waals surface area contributed by atoms with Crippen molar-refractivity contribution in [3.63, 3.8) is 0 Å². The van der Waals surface area contributed by atoms with E-state index in [4.69, 9.17) is 10.8 Å². The first-order valence-electron chi connectivity index (χ1n) is 2.59. The Bertz CT molecular complexity index is 107. The molecule has 0 aliphatic rings. The van der Waals surface area contributed by atoms with Crippen LogP contribution in [0.4, 0.5) is 0 Å². The van der Waals surface area contributed by atoms with Crippen LogP contribution in [0.25, 0.3) is 0 Å². The standard InChI is InChI=1S/C5H8NO3/c6-4(7)2-1-3-5(8)9/h6H,1-3H2,(H,8,9). The predicted molar refractivity (Wildman–Crippen MR) is 29.6 cm³/mol. The van der Waals surface area contributed by atoms with Crippen molar-refractivity contribution in [2.24, 2.45) is 0 Å². The van der Waals surface area contributed by atoms with E-state index in [1.54, 1.807) is 0 Å². The van der Waals surface area contributed by atoms with Crippen LogP contribution in [-0.4, -0.2) is 17.0 Å². The summed E-state index contributed by atoms with van der Waals surface area (Å²) in [6, 6.07) is 0. The summed E-state index contributed by atoms with van der Waals surface area (Å²) in [5.41, 5.74) is 6.39. The van der Waals surface area contributed by atoms with E-state index in [0.717, 1.165) is 0 Å². The van der Waals surface area contributed by atoms with Crippen molar-refractivity contribution in [1.29, 1.82) is 0 Å². The third-order valence-electron chi connectivity index (χ3n) is 0.794. The molecule has 0 atom stereocenters. The summed E-state index contributed by atoms with van der Waals surface area (Å²) in [6.45, 7) is 0. The van der Waals surface area contributed by atoms with Crippen molar-refractivity contribution in [2.75, 3.05) is 0 Å². The summed E-state index contributed by atoms with van der Waals surface area (Å²) in [6.07, 6.45) is 0.300. The molecule has 0 saturated carbocycles. The monoisotopic (exact) mass is 130 g/mol. The van der Waals surface area contributed by atoms with Gasteiger partial charge in [-0.3, -0.25) is 15.3 Å². The molecule has 0 fully saturated rings. The van der Waals surface area contributed by atoms with Gasteiger partial charge in [0.25, 0.3) is 0 Å². The lowest BCUT2D eigenvalue weighted by atomic mass is 10.2. The van der Waals surface area contributed by atoms with E-state index in [9.17, 15) is 9.59 Å². The van der Waals surface area contributed by atoms with Crippen molar-refractivity contribution in [1.82, 2.24) is 5.73 Å². The molecule has 4 heteroatoms. The minimum atomic E-state index is -0.920. The first-order chi connectivity index (χ1) is 4.13. The number of nitrogens with one attached hydrogen (secondary N) is 1. The fourth-order valence-electron chi connectivity index (χ4n) is 0.400. The summed E-state index contributed by atoms with van der Waals surface area (Å²) in [5.74, 6) is -1.62. The molecule has 0 aromatic carbocycles. The third kappa shape index (κ3) is 6.94. The maximum Gasteiger partial charge on any atom is 0.303 e. The molecule has 0 aliphatic heterocycles. The molecule has 0 aliphatic carbocycles. The van der Waals surface area contributed by atoms with Crippen LogP contribution in [0.3, 0.4) is 0 Å². The molecule has 1 amide bonds. The highest BCUT2D eigenvalue weighted by Gasteiger charge is 1.98. The first-order valence-corrected chi connectivity index (χ1v) is 2.59. The topological polar surface area (TPSA) is 78.2 Å². The Balaban J connectivity index is 3.10. The van der Waals surface area contributed by atoms with E-state index in [1.165, 1.54) is 0 Å². The summed E-state index contributed by atoms with van der Waals surface area (Å²) < 4.78 is 0. The number of carboxylic acids is 1. The second-order valence-corrected chi connectivity index (χ2v) is 1.67. The van der Waals surface area contributed by atoms with Crippen LogP contribution in [0.2, 0.25) is 0 Å². The van der Waals surface area contributed by atoms with Crippen molar-refractivity contribution in [3.8, 4) is 0 Å². The minimum absolute atomic E-state index is 0.0232. The Kier molecular flexibility index (Phi) is 3.43. The molecular weight excluding hydrogens is 122 g/mol. The molecule has 0 aromatic heterocycles. The molecule has 0 bridgehead atoms. The summed E-state index contributed by atoms with van der Waals surface area (Å²) in [5, 5.41) is 8.05. The van der Waals surface area contributed by atoms with E-state index in [-0.39, 0.29) is 19.3 Å². The van der Waals surface area contributed by atoms with Gasteiger partial charge in [-0.25, -0.2) is 0 Å². The summed E-state index contributed by atoms with van der Waals surface area (Å²) in [4.78, 5) is 19.7. The molecule has 4 nitrogen and oxygen atoms in total. The van der Waals surface area contributed by atoms with Gasteiger partial charge in [0.05, 0.1) is 0 Å². The summed E-state index contributed by atoms with van der Waals surface area (Å²) in [7, 11) is 0. The number of rotatable bonds is 4. The number of hydrogen-bond acceptors (Lipinski definition) is 2. The Morgan fingerprint density at radius 2 is 1.89 bits per heavy atom. The normalized spacial score (nSPS) is 8.89. The Labute approximate surface area is 52.7 Å². The third-order valence-corrected chi connectivity index (χ3v) is 0.794. The zero-order valence-electron chi connectivity index (χ0n) is 4.89. The van der Waals surface area contributed by atoms with Gasteiger partial charge in [0.1, 0.15) is 0 Å². The van der Waals surface area contributed by atoms with E-state index >= 15 is 0 Å². The maximum absolute atomic E-state index is 9.90. The van der Waals surface area contributed by atoms with Gasteiger partial charge in [-0.15, -0.1) is 0 Å². The molecular formula is C5H8NO3. The molecule has 51 valence electrons. The summed E-state index contributed by atoms with van der Waals surface area (Å²) >= 11 is 0. The van der Waals surface area contributed by atoms with Crippen LogP contribution < -0.4 is 5.73 Å². The highest BCUT2D eigenvalue weighted by molar-refractivity contribution is 5.74. The fourth-order valence-corrected chi connectivity index (χ4v) is 0.400. The number of carboxylic acid groups (broad SMARTS) is 1. The van der Waals surface area contributed by atoms with Gasteiger partial charge in [0.2, 0.25) is 5.91 Å². The van der Waals surface area contributed by atoms with Gasteiger partial charge < -0.3 is 5.11 Å². The molecule has 0 saturated heterocycles. The molecule has 9 heavy (non-hydrogen) atoms. The molecule has 0 heterocycles. The number of aliphatic carboxylic acids is 1.